The summed E-state index contributed by atoms with van der Waals surface area (Å²) in [7, 11) is 0. The number of carbonyl (C=O) groups is 1. The molecule has 0 spiro atoms. The summed E-state index contributed by atoms with van der Waals surface area (Å²) < 4.78 is 5.37. The van der Waals surface area contributed by atoms with Gasteiger partial charge in [0.25, 0.3) is 5.69 Å². The lowest BCUT2D eigenvalue weighted by atomic mass is 10.1. The number of hydrogen-bond donors (Lipinski definition) is 0. The third kappa shape index (κ3) is 9.89. The van der Waals surface area contributed by atoms with Gasteiger partial charge in [0, 0.05) is 30.9 Å². The number of non-ortho nitro benzene ring substituents is 1. The molecule has 204 valence electrons. The van der Waals surface area contributed by atoms with E-state index in [1.165, 1.54) is 30.7 Å². The number of ether oxygens (including phenoxy) is 1. The molecule has 0 aliphatic heterocycles. The highest BCUT2D eigenvalue weighted by atomic mass is 16.6. The number of carbonyl (C=O) groups excluding carboxylic acids is 1. The SMILES string of the molecule is C=C(C(=O)OCCCCCCCCN(CC)c1ccc(C=Cc2ccc([N+](=O)[O-])cc2)cc1)c1ccccc1. The first kappa shape index (κ1) is 29.4. The van der Waals surface area contributed by atoms with E-state index < -0.39 is 0 Å². The van der Waals surface area contributed by atoms with Crippen LogP contribution in [-0.2, 0) is 9.53 Å². The van der Waals surface area contributed by atoms with Crippen molar-refractivity contribution in [3.05, 3.63) is 112 Å². The molecule has 3 aromatic carbocycles. The summed E-state index contributed by atoms with van der Waals surface area (Å²) in [5.74, 6) is -0.339. The number of benzene rings is 3. The van der Waals surface area contributed by atoms with Crippen LogP contribution in [0.4, 0.5) is 11.4 Å². The van der Waals surface area contributed by atoms with Crippen LogP contribution in [0.1, 0.15) is 62.1 Å². The fraction of sp³-hybridized carbons (Fsp3) is 0.303. The molecule has 39 heavy (non-hydrogen) atoms. The minimum atomic E-state index is -0.390. The first-order valence-electron chi connectivity index (χ1n) is 13.7. The number of unbranched alkanes of at least 4 members (excludes halogenated alkanes) is 5. The molecule has 3 aromatic rings. The second kappa shape index (κ2) is 15.9. The van der Waals surface area contributed by atoms with Crippen molar-refractivity contribution in [1.29, 1.82) is 0 Å². The summed E-state index contributed by atoms with van der Waals surface area (Å²) in [6.07, 6.45) is 10.5. The van der Waals surface area contributed by atoms with E-state index in [2.05, 4.69) is 42.7 Å². The Labute approximate surface area is 231 Å². The summed E-state index contributed by atoms with van der Waals surface area (Å²) in [4.78, 5) is 24.9. The molecular formula is C33H38N2O4. The molecule has 0 amide bonds. The Morgan fingerprint density at radius 2 is 1.41 bits per heavy atom. The van der Waals surface area contributed by atoms with Crippen molar-refractivity contribution < 1.29 is 14.5 Å². The second-order valence-corrected chi connectivity index (χ2v) is 9.45. The van der Waals surface area contributed by atoms with Gasteiger partial charge in [0.1, 0.15) is 0 Å². The average Bonchev–Trinajstić information content (AvgIpc) is 2.97. The summed E-state index contributed by atoms with van der Waals surface area (Å²) in [5.41, 5.74) is 4.53. The van der Waals surface area contributed by atoms with Gasteiger partial charge in [-0.05, 0) is 60.7 Å². The maximum absolute atomic E-state index is 12.1. The van der Waals surface area contributed by atoms with Crippen LogP contribution >= 0.6 is 0 Å². The molecule has 3 rings (SSSR count). The number of nitro benzene ring substituents is 1. The molecule has 0 radical (unpaired) electrons. The van der Waals surface area contributed by atoms with Crippen LogP contribution in [-0.4, -0.2) is 30.6 Å². The predicted molar refractivity (Wildman–Crippen MR) is 160 cm³/mol. The lowest BCUT2D eigenvalue weighted by Gasteiger charge is -2.23. The van der Waals surface area contributed by atoms with Crippen LogP contribution in [0.3, 0.4) is 0 Å². The van der Waals surface area contributed by atoms with E-state index in [0.717, 1.165) is 55.5 Å². The molecule has 0 atom stereocenters. The second-order valence-electron chi connectivity index (χ2n) is 9.45. The van der Waals surface area contributed by atoms with Crippen LogP contribution in [0, 0.1) is 10.1 Å². The molecule has 0 saturated carbocycles. The highest BCUT2D eigenvalue weighted by Crippen LogP contribution is 2.19. The Morgan fingerprint density at radius 3 is 2.00 bits per heavy atom. The van der Waals surface area contributed by atoms with Crippen LogP contribution in [0.5, 0.6) is 0 Å². The van der Waals surface area contributed by atoms with E-state index in [0.29, 0.717) is 12.2 Å². The summed E-state index contributed by atoms with van der Waals surface area (Å²) in [6.45, 7) is 8.44. The summed E-state index contributed by atoms with van der Waals surface area (Å²) in [6, 6.07) is 24.4. The number of esters is 1. The molecule has 6 nitrogen and oxygen atoms in total. The van der Waals surface area contributed by atoms with Crippen LogP contribution in [0.15, 0.2) is 85.4 Å². The van der Waals surface area contributed by atoms with Crippen molar-refractivity contribution in [2.75, 3.05) is 24.6 Å². The van der Waals surface area contributed by atoms with Gasteiger partial charge in [0.2, 0.25) is 0 Å². The van der Waals surface area contributed by atoms with Gasteiger partial charge in [-0.25, -0.2) is 4.79 Å². The van der Waals surface area contributed by atoms with Gasteiger partial charge in [-0.1, -0.05) is 86.9 Å². The lowest BCUT2D eigenvalue weighted by Crippen LogP contribution is -2.23. The number of anilines is 1. The first-order chi connectivity index (χ1) is 19.0. The zero-order valence-corrected chi connectivity index (χ0v) is 22.8. The van der Waals surface area contributed by atoms with Crippen molar-refractivity contribution >= 4 is 35.1 Å². The third-order valence-corrected chi connectivity index (χ3v) is 6.64. The fourth-order valence-corrected chi connectivity index (χ4v) is 4.29. The van der Waals surface area contributed by atoms with Crippen molar-refractivity contribution in [3.63, 3.8) is 0 Å². The van der Waals surface area contributed by atoms with E-state index in [1.807, 2.05) is 42.5 Å². The Morgan fingerprint density at radius 1 is 0.846 bits per heavy atom. The number of rotatable bonds is 16. The molecule has 0 bridgehead atoms. The number of nitro groups is 1. The maximum atomic E-state index is 12.1. The molecule has 0 unspecified atom stereocenters. The molecule has 0 aromatic heterocycles. The number of nitrogens with zero attached hydrogens (tertiary/aromatic N) is 2. The Kier molecular flexibility index (Phi) is 12.0. The van der Waals surface area contributed by atoms with Gasteiger partial charge in [-0.15, -0.1) is 0 Å². The largest absolute Gasteiger partial charge is 0.462 e. The van der Waals surface area contributed by atoms with Crippen LogP contribution in [0.2, 0.25) is 0 Å². The predicted octanol–water partition coefficient (Wildman–Crippen LogP) is 8.19. The molecule has 0 saturated heterocycles. The van der Waals surface area contributed by atoms with Gasteiger partial charge in [0.05, 0.1) is 17.1 Å². The van der Waals surface area contributed by atoms with Gasteiger partial charge < -0.3 is 9.64 Å². The van der Waals surface area contributed by atoms with Crippen molar-refractivity contribution in [2.45, 2.75) is 45.4 Å². The third-order valence-electron chi connectivity index (χ3n) is 6.64. The molecule has 0 aliphatic rings. The fourth-order valence-electron chi connectivity index (χ4n) is 4.29. The Hall–Kier alpha value is -4.19. The van der Waals surface area contributed by atoms with Crippen molar-refractivity contribution in [2.24, 2.45) is 0 Å². The van der Waals surface area contributed by atoms with Gasteiger partial charge >= 0.3 is 5.97 Å². The number of hydrogen-bond acceptors (Lipinski definition) is 5. The van der Waals surface area contributed by atoms with Gasteiger partial charge in [-0.2, -0.15) is 0 Å². The standard InChI is InChI=1S/C33H38N2O4/c1-3-34(31-21-17-28(18-22-31)15-16-29-19-23-32(24-20-29)35(37)38)25-11-6-4-5-7-12-26-39-33(36)27(2)30-13-9-8-10-14-30/h8-10,13-24H,2-7,11-12,25-26H2,1H3. The van der Waals surface area contributed by atoms with Gasteiger partial charge in [0.15, 0.2) is 0 Å². The Balaban J connectivity index is 1.29. The maximum Gasteiger partial charge on any atom is 0.338 e. The van der Waals surface area contributed by atoms with Gasteiger partial charge in [-0.3, -0.25) is 10.1 Å². The van der Waals surface area contributed by atoms with E-state index >= 15 is 0 Å². The lowest BCUT2D eigenvalue weighted by molar-refractivity contribution is -0.384. The molecule has 0 heterocycles. The molecule has 0 fully saturated rings. The topological polar surface area (TPSA) is 72.7 Å². The minimum absolute atomic E-state index is 0.0977. The zero-order chi connectivity index (χ0) is 27.9. The van der Waals surface area contributed by atoms with Crippen molar-refractivity contribution in [1.82, 2.24) is 0 Å². The van der Waals surface area contributed by atoms with Crippen LogP contribution < -0.4 is 4.90 Å². The summed E-state index contributed by atoms with van der Waals surface area (Å²) >= 11 is 0. The van der Waals surface area contributed by atoms with Crippen molar-refractivity contribution in [3.8, 4) is 0 Å². The Bertz CT molecular complexity index is 1220. The zero-order valence-electron chi connectivity index (χ0n) is 22.8. The smallest absolute Gasteiger partial charge is 0.338 e. The highest BCUT2D eigenvalue weighted by molar-refractivity contribution is 6.15. The molecule has 6 heteroatoms. The van der Waals surface area contributed by atoms with E-state index in [1.54, 1.807) is 12.1 Å². The highest BCUT2D eigenvalue weighted by Gasteiger charge is 2.10. The van der Waals surface area contributed by atoms with E-state index in [4.69, 9.17) is 4.74 Å². The average molecular weight is 527 g/mol. The molecular weight excluding hydrogens is 488 g/mol. The summed E-state index contributed by atoms with van der Waals surface area (Å²) in [5, 5.41) is 10.8. The van der Waals surface area contributed by atoms with Crippen LogP contribution in [0.25, 0.3) is 17.7 Å². The monoisotopic (exact) mass is 526 g/mol. The minimum Gasteiger partial charge on any atom is -0.462 e. The quantitative estimate of drug-likeness (QED) is 0.0470. The van der Waals surface area contributed by atoms with E-state index in [-0.39, 0.29) is 16.6 Å². The normalized spacial score (nSPS) is 10.9. The molecule has 0 aliphatic carbocycles. The van der Waals surface area contributed by atoms with E-state index in [9.17, 15) is 14.9 Å². The molecule has 0 N–H and O–H groups in total. The first-order valence-corrected chi connectivity index (χ1v) is 13.7.